The van der Waals surface area contributed by atoms with Crippen LogP contribution in [0.1, 0.15) is 42.9 Å². The molecule has 4 rings (SSSR count). The molecule has 2 saturated heterocycles. The number of carboxylic acid groups (broad SMARTS) is 1. The molecular weight excluding hydrogens is 503 g/mol. The van der Waals surface area contributed by atoms with Crippen molar-refractivity contribution >= 4 is 34.9 Å². The molecule has 0 saturated carbocycles. The van der Waals surface area contributed by atoms with E-state index >= 15 is 0 Å². The van der Waals surface area contributed by atoms with Gasteiger partial charge in [0.05, 0.1) is 16.5 Å². The maximum absolute atomic E-state index is 13.6. The minimum Gasteiger partial charge on any atom is -0.480 e. The maximum atomic E-state index is 13.6. The molecule has 2 aromatic carbocycles. The molecule has 0 aromatic heterocycles. The summed E-state index contributed by atoms with van der Waals surface area (Å²) in [6.45, 7) is 0.399. The molecule has 2 atom stereocenters. The highest BCUT2D eigenvalue weighted by molar-refractivity contribution is 6.31. The van der Waals surface area contributed by atoms with Crippen LogP contribution in [0.25, 0.3) is 0 Å². The van der Waals surface area contributed by atoms with Crippen molar-refractivity contribution in [2.75, 3.05) is 18.0 Å². The lowest BCUT2D eigenvalue weighted by Crippen LogP contribution is -2.47. The molecule has 12 heteroatoms. The van der Waals surface area contributed by atoms with Crippen LogP contribution in [0, 0.1) is 16.0 Å². The van der Waals surface area contributed by atoms with Crippen molar-refractivity contribution in [3.8, 4) is 0 Å². The summed E-state index contributed by atoms with van der Waals surface area (Å²) < 4.78 is 39.1. The summed E-state index contributed by atoms with van der Waals surface area (Å²) >= 11 is 6.34. The van der Waals surface area contributed by atoms with E-state index < -0.39 is 46.3 Å². The van der Waals surface area contributed by atoms with Gasteiger partial charge in [-0.2, -0.15) is 13.2 Å². The van der Waals surface area contributed by atoms with E-state index in [0.29, 0.717) is 23.1 Å². The smallest absolute Gasteiger partial charge is 0.416 e. The summed E-state index contributed by atoms with van der Waals surface area (Å²) in [6, 6.07) is 7.89. The number of carbonyl (C=O) groups is 2. The molecule has 0 aliphatic carbocycles. The van der Waals surface area contributed by atoms with E-state index in [9.17, 15) is 38.0 Å². The van der Waals surface area contributed by atoms with Gasteiger partial charge in [0, 0.05) is 30.1 Å². The number of alkyl halides is 3. The van der Waals surface area contributed by atoms with Crippen molar-refractivity contribution in [3.63, 3.8) is 0 Å². The number of anilines is 1. The van der Waals surface area contributed by atoms with Gasteiger partial charge in [0.1, 0.15) is 11.7 Å². The number of piperidine rings is 1. The molecule has 0 spiro atoms. The highest BCUT2D eigenvalue weighted by Crippen LogP contribution is 2.42. The first-order chi connectivity index (χ1) is 17.0. The van der Waals surface area contributed by atoms with Crippen LogP contribution >= 0.6 is 11.6 Å². The SMILES string of the molecule is O=C(O)C1CCC(c2ccccc2Cl)N1C(=O)C1CCN(c2ccc(C(F)(F)F)cc2[N+](=O)[O-])CC1. The number of benzene rings is 2. The van der Waals surface area contributed by atoms with Crippen molar-refractivity contribution in [2.24, 2.45) is 5.92 Å². The Morgan fingerprint density at radius 3 is 2.31 bits per heavy atom. The summed E-state index contributed by atoms with van der Waals surface area (Å²) in [5, 5.41) is 21.7. The Labute approximate surface area is 209 Å². The van der Waals surface area contributed by atoms with Crippen molar-refractivity contribution in [3.05, 3.63) is 68.7 Å². The first-order valence-electron chi connectivity index (χ1n) is 11.4. The highest BCUT2D eigenvalue weighted by Gasteiger charge is 2.45. The van der Waals surface area contributed by atoms with Crippen LogP contribution in [0.15, 0.2) is 42.5 Å². The van der Waals surface area contributed by atoms with Crippen LogP contribution in [-0.2, 0) is 15.8 Å². The lowest BCUT2D eigenvalue weighted by atomic mass is 9.93. The minimum atomic E-state index is -4.71. The Hall–Kier alpha value is -3.34. The Morgan fingerprint density at radius 1 is 1.06 bits per heavy atom. The number of hydrogen-bond acceptors (Lipinski definition) is 5. The fourth-order valence-electron chi connectivity index (χ4n) is 5.10. The van der Waals surface area contributed by atoms with E-state index in [1.807, 2.05) is 0 Å². The Balaban J connectivity index is 1.53. The van der Waals surface area contributed by atoms with Gasteiger partial charge < -0.3 is 14.9 Å². The molecule has 2 aliphatic rings. The van der Waals surface area contributed by atoms with E-state index in [-0.39, 0.29) is 43.9 Å². The number of carbonyl (C=O) groups excluding carboxylic acids is 1. The van der Waals surface area contributed by atoms with E-state index in [1.165, 1.54) is 4.90 Å². The second-order valence-corrected chi connectivity index (χ2v) is 9.34. The van der Waals surface area contributed by atoms with Gasteiger partial charge in [0.15, 0.2) is 0 Å². The van der Waals surface area contributed by atoms with Crippen molar-refractivity contribution < 1.29 is 32.8 Å². The number of likely N-dealkylation sites (tertiary alicyclic amines) is 1. The number of carboxylic acids is 1. The number of nitrogens with zero attached hydrogens (tertiary/aromatic N) is 3. The van der Waals surface area contributed by atoms with Crippen molar-refractivity contribution in [1.29, 1.82) is 0 Å². The summed E-state index contributed by atoms with van der Waals surface area (Å²) in [5.74, 6) is -1.96. The lowest BCUT2D eigenvalue weighted by Gasteiger charge is -2.37. The fourth-order valence-corrected chi connectivity index (χ4v) is 5.36. The second kappa shape index (κ2) is 9.96. The first kappa shape index (κ1) is 25.7. The summed E-state index contributed by atoms with van der Waals surface area (Å²) in [4.78, 5) is 39.1. The Bertz CT molecular complexity index is 1180. The zero-order valence-corrected chi connectivity index (χ0v) is 19.7. The van der Waals surface area contributed by atoms with Gasteiger partial charge in [-0.25, -0.2) is 4.79 Å². The molecule has 2 heterocycles. The number of amides is 1. The van der Waals surface area contributed by atoms with E-state index in [0.717, 1.165) is 12.1 Å². The molecule has 1 amide bonds. The van der Waals surface area contributed by atoms with E-state index in [4.69, 9.17) is 11.6 Å². The van der Waals surface area contributed by atoms with Crippen LogP contribution in [0.5, 0.6) is 0 Å². The normalized spacial score (nSPS) is 21.0. The quantitative estimate of drug-likeness (QED) is 0.419. The van der Waals surface area contributed by atoms with Crippen molar-refractivity contribution in [2.45, 2.75) is 43.9 Å². The third kappa shape index (κ3) is 4.97. The summed E-state index contributed by atoms with van der Waals surface area (Å²) in [7, 11) is 0. The number of rotatable bonds is 5. The van der Waals surface area contributed by atoms with Gasteiger partial charge in [-0.05, 0) is 49.4 Å². The third-order valence-electron chi connectivity index (χ3n) is 6.87. The second-order valence-electron chi connectivity index (χ2n) is 8.93. The van der Waals surface area contributed by atoms with Gasteiger partial charge in [-0.1, -0.05) is 29.8 Å². The predicted octanol–water partition coefficient (Wildman–Crippen LogP) is 5.30. The Kier molecular flexibility index (Phi) is 7.12. The number of hydrogen-bond donors (Lipinski definition) is 1. The molecule has 1 N–H and O–H groups in total. The molecule has 2 aromatic rings. The molecule has 0 radical (unpaired) electrons. The predicted molar refractivity (Wildman–Crippen MR) is 125 cm³/mol. The van der Waals surface area contributed by atoms with Gasteiger partial charge in [-0.15, -0.1) is 0 Å². The van der Waals surface area contributed by atoms with Gasteiger partial charge in [0.25, 0.3) is 5.69 Å². The first-order valence-corrected chi connectivity index (χ1v) is 11.8. The van der Waals surface area contributed by atoms with Crippen LogP contribution in [0.3, 0.4) is 0 Å². The monoisotopic (exact) mass is 525 g/mol. The number of nitro groups is 1. The lowest BCUT2D eigenvalue weighted by molar-refractivity contribution is -0.384. The highest BCUT2D eigenvalue weighted by atomic mass is 35.5. The minimum absolute atomic E-state index is 0.0532. The molecule has 8 nitrogen and oxygen atoms in total. The largest absolute Gasteiger partial charge is 0.480 e. The number of nitro benzene ring substituents is 1. The number of halogens is 4. The molecule has 192 valence electrons. The maximum Gasteiger partial charge on any atom is 0.416 e. The van der Waals surface area contributed by atoms with Gasteiger partial charge in [-0.3, -0.25) is 14.9 Å². The van der Waals surface area contributed by atoms with Crippen LogP contribution in [0.4, 0.5) is 24.5 Å². The number of aliphatic carboxylic acids is 1. The summed E-state index contributed by atoms with van der Waals surface area (Å²) in [6.07, 6.45) is -3.43. The average molecular weight is 526 g/mol. The van der Waals surface area contributed by atoms with E-state index in [2.05, 4.69) is 0 Å². The zero-order valence-electron chi connectivity index (χ0n) is 18.9. The van der Waals surface area contributed by atoms with Gasteiger partial charge >= 0.3 is 12.1 Å². The van der Waals surface area contributed by atoms with Crippen LogP contribution in [0.2, 0.25) is 5.02 Å². The molecular formula is C24H23ClF3N3O5. The van der Waals surface area contributed by atoms with Crippen LogP contribution in [-0.4, -0.2) is 45.9 Å². The van der Waals surface area contributed by atoms with Gasteiger partial charge in [0.2, 0.25) is 5.91 Å². The molecule has 2 fully saturated rings. The van der Waals surface area contributed by atoms with Crippen molar-refractivity contribution in [1.82, 2.24) is 4.90 Å². The zero-order chi connectivity index (χ0) is 26.2. The molecule has 36 heavy (non-hydrogen) atoms. The Morgan fingerprint density at radius 2 is 1.72 bits per heavy atom. The standard InChI is InChI=1S/C24H23ClF3N3O5/c25-17-4-2-1-3-16(17)18-7-8-20(23(33)34)30(18)22(32)14-9-11-29(12-10-14)19-6-5-15(24(26,27)28)13-21(19)31(35)36/h1-6,13-14,18,20H,7-12H2,(H,33,34). The van der Waals surface area contributed by atoms with Crippen LogP contribution < -0.4 is 4.90 Å². The molecule has 2 unspecified atom stereocenters. The average Bonchev–Trinajstić information content (AvgIpc) is 3.28. The van der Waals surface area contributed by atoms with E-state index in [1.54, 1.807) is 29.2 Å². The molecule has 0 bridgehead atoms. The third-order valence-corrected chi connectivity index (χ3v) is 7.22. The topological polar surface area (TPSA) is 104 Å². The summed E-state index contributed by atoms with van der Waals surface area (Å²) in [5.41, 5.74) is -1.03. The fraction of sp³-hybridized carbons (Fsp3) is 0.417. The molecule has 2 aliphatic heterocycles.